The molecule has 1 saturated carbocycles. The van der Waals surface area contributed by atoms with Crippen LogP contribution in [0.5, 0.6) is 23.0 Å². The normalized spacial score (nSPS) is 22.8. The molecule has 5 aromatic rings. The van der Waals surface area contributed by atoms with Crippen molar-refractivity contribution in [2.45, 2.75) is 47.6 Å². The van der Waals surface area contributed by atoms with E-state index >= 15 is 0 Å². The van der Waals surface area contributed by atoms with E-state index in [9.17, 15) is 33.5 Å². The summed E-state index contributed by atoms with van der Waals surface area (Å²) in [6.45, 7) is -0.387. The highest BCUT2D eigenvalue weighted by molar-refractivity contribution is 6.58. The number of phenolic OH excluding ortho intramolecular Hbond substituents is 1. The van der Waals surface area contributed by atoms with Crippen molar-refractivity contribution in [3.8, 4) is 23.0 Å². The van der Waals surface area contributed by atoms with Crippen LogP contribution in [0.2, 0.25) is 0 Å². The molecule has 0 spiro atoms. The van der Waals surface area contributed by atoms with E-state index in [1.54, 1.807) is 25.3 Å². The van der Waals surface area contributed by atoms with Crippen LogP contribution < -0.4 is 36.0 Å². The molecule has 18 heteroatoms. The molecule has 4 unspecified atom stereocenters. The molecular weight excluding hydrogens is 774 g/mol. The van der Waals surface area contributed by atoms with E-state index in [1.807, 2.05) is 0 Å². The molecule has 1 saturated heterocycles. The number of phenols is 1. The average Bonchev–Trinajstić information content (AvgIpc) is 3.52. The maximum Gasteiger partial charge on any atom is 0.347 e. The van der Waals surface area contributed by atoms with E-state index in [4.69, 9.17) is 37.4 Å². The van der Waals surface area contributed by atoms with Crippen LogP contribution in [-0.4, -0.2) is 71.5 Å². The number of hydrogen-bond acceptors (Lipinski definition) is 10. The number of fused-ring (bicyclic) bond motifs is 5. The Labute approximate surface area is 326 Å². The van der Waals surface area contributed by atoms with Gasteiger partial charge in [-0.05, 0) is 35.9 Å². The highest BCUT2D eigenvalue weighted by Gasteiger charge is 2.76. The van der Waals surface area contributed by atoms with Crippen LogP contribution in [0.4, 0.5) is 10.1 Å². The first-order chi connectivity index (χ1) is 26.7. The second-order valence-electron chi connectivity index (χ2n) is 13.7. The smallest absolute Gasteiger partial charge is 0.347 e. The summed E-state index contributed by atoms with van der Waals surface area (Å²) in [4.78, 5) is 71.5. The highest BCUT2D eigenvalue weighted by Crippen LogP contribution is 2.64. The van der Waals surface area contributed by atoms with Gasteiger partial charge in [0.05, 0.1) is 50.6 Å². The zero-order valence-electron chi connectivity index (χ0n) is 30.3. The molecule has 2 aromatic heterocycles. The summed E-state index contributed by atoms with van der Waals surface area (Å²) in [6, 6.07) is 11.1. The largest absolute Gasteiger partial charge is 0.508 e. The Hall–Kier alpha value is -5.87. The molecule has 1 aliphatic carbocycles. The van der Waals surface area contributed by atoms with Crippen LogP contribution in [0.15, 0.2) is 80.6 Å². The van der Waals surface area contributed by atoms with Crippen molar-refractivity contribution in [2.75, 3.05) is 26.2 Å². The molecule has 2 fully saturated rings. The fourth-order valence-corrected chi connectivity index (χ4v) is 9.14. The number of anilines is 1. The fraction of sp³-hybridized carbons (Fsp3) is 0.316. The number of methoxy groups -OCH3 is 3. The number of ether oxygens (including phenoxy) is 3. The number of rotatable bonds is 8. The van der Waals surface area contributed by atoms with Gasteiger partial charge >= 0.3 is 11.4 Å². The van der Waals surface area contributed by atoms with Gasteiger partial charge < -0.3 is 23.9 Å². The molecule has 0 bridgehead atoms. The van der Waals surface area contributed by atoms with Gasteiger partial charge in [0.15, 0.2) is 21.2 Å². The van der Waals surface area contributed by atoms with Crippen molar-refractivity contribution in [1.82, 2.24) is 23.5 Å². The summed E-state index contributed by atoms with van der Waals surface area (Å²) in [5, 5.41) is 11.4. The second-order valence-corrected chi connectivity index (χ2v) is 15.0. The Morgan fingerprint density at radius 3 is 2.27 bits per heavy atom. The van der Waals surface area contributed by atoms with Gasteiger partial charge in [-0.1, -0.05) is 12.1 Å². The lowest BCUT2D eigenvalue weighted by molar-refractivity contribution is -0.122. The minimum absolute atomic E-state index is 0.0109. The van der Waals surface area contributed by atoms with Crippen LogP contribution in [-0.2, 0) is 36.1 Å². The summed E-state index contributed by atoms with van der Waals surface area (Å²) in [6.07, 6.45) is 1.11. The molecular formula is C38H33Cl2FN6O9. The molecule has 3 aliphatic rings. The monoisotopic (exact) mass is 806 g/mol. The predicted molar refractivity (Wildman–Crippen MR) is 202 cm³/mol. The minimum Gasteiger partial charge on any atom is -0.508 e. The zero-order chi connectivity index (χ0) is 40.0. The van der Waals surface area contributed by atoms with Gasteiger partial charge in [0.25, 0.3) is 17.4 Å². The molecule has 8 rings (SSSR count). The average molecular weight is 808 g/mol. The lowest BCUT2D eigenvalue weighted by Crippen LogP contribution is -2.59. The van der Waals surface area contributed by atoms with E-state index in [1.165, 1.54) is 65.6 Å². The standard InChI is InChI=1S/C38H33Cl2FN6O9/c1-43-26-17-30(56-4)29(55-3)16-25(26)42-24(32(43)49)12-13-44-35(52)45-14-11-22-27(47(45)36(44)53)18-37(39)33(50)46(20-7-5-19(41)6-8-20)34(51)38(37,40)31(22)23-10-9-21(54-2)15-28(23)48/h5-11,15-17,27,31,48H,12-14,18H2,1-4H3. The molecule has 290 valence electrons. The van der Waals surface area contributed by atoms with Gasteiger partial charge in [-0.2, -0.15) is 0 Å². The highest BCUT2D eigenvalue weighted by atomic mass is 35.5. The number of amides is 2. The number of imide groups is 1. The predicted octanol–water partition coefficient (Wildman–Crippen LogP) is 3.37. The van der Waals surface area contributed by atoms with E-state index in [0.29, 0.717) is 28.1 Å². The van der Waals surface area contributed by atoms with Crippen LogP contribution in [0.3, 0.4) is 0 Å². The first-order valence-electron chi connectivity index (χ1n) is 17.3. The van der Waals surface area contributed by atoms with Crippen molar-refractivity contribution in [3.05, 3.63) is 115 Å². The Morgan fingerprint density at radius 2 is 1.61 bits per heavy atom. The number of aromatic hydroxyl groups is 1. The molecule has 2 aliphatic heterocycles. The van der Waals surface area contributed by atoms with E-state index in [2.05, 4.69) is 4.98 Å². The van der Waals surface area contributed by atoms with Gasteiger partial charge in [0, 0.05) is 56.1 Å². The number of carbonyl (C=O) groups excluding carboxylic acids is 2. The number of aryl methyl sites for hydroxylation is 2. The Kier molecular flexibility index (Phi) is 8.69. The molecule has 4 heterocycles. The SMILES string of the molecule is COc1ccc(C2C3=CCn4c(=O)n(CCc5nc6cc(OC)c(OC)cc6n(C)c5=O)c(=O)n4C3CC3(Cl)C(=O)N(c4ccc(F)cc4)C(=O)C23Cl)c(O)c1. The third-order valence-corrected chi connectivity index (χ3v) is 12.4. The summed E-state index contributed by atoms with van der Waals surface area (Å²) in [7, 11) is 5.91. The third kappa shape index (κ3) is 5.08. The lowest BCUT2D eigenvalue weighted by Gasteiger charge is -2.49. The number of allylic oxidation sites excluding steroid dienone is 2. The first-order valence-corrected chi connectivity index (χ1v) is 18.1. The summed E-state index contributed by atoms with van der Waals surface area (Å²) in [5.74, 6) is -3.01. The number of carbonyl (C=O) groups is 2. The Balaban J connectivity index is 1.23. The van der Waals surface area contributed by atoms with E-state index in [-0.39, 0.29) is 48.0 Å². The Morgan fingerprint density at radius 1 is 0.911 bits per heavy atom. The second kappa shape index (κ2) is 13.1. The summed E-state index contributed by atoms with van der Waals surface area (Å²) in [5.41, 5.74) is -0.465. The maximum absolute atomic E-state index is 14.5. The number of alkyl halides is 2. The Bertz CT molecular complexity index is 2720. The van der Waals surface area contributed by atoms with Gasteiger partial charge in [-0.25, -0.2) is 37.8 Å². The van der Waals surface area contributed by atoms with E-state index < -0.39 is 62.7 Å². The lowest BCUT2D eigenvalue weighted by atomic mass is 9.64. The number of hydrogen-bond donors (Lipinski definition) is 1. The van der Waals surface area contributed by atoms with Crippen LogP contribution in [0.25, 0.3) is 11.0 Å². The van der Waals surface area contributed by atoms with Crippen molar-refractivity contribution in [1.29, 1.82) is 0 Å². The maximum atomic E-state index is 14.5. The van der Waals surface area contributed by atoms with Crippen LogP contribution in [0.1, 0.15) is 29.6 Å². The number of aromatic nitrogens is 5. The minimum atomic E-state index is -2.27. The molecule has 1 N–H and O–H groups in total. The number of benzene rings is 3. The molecule has 15 nitrogen and oxygen atoms in total. The quantitative estimate of drug-likeness (QED) is 0.140. The van der Waals surface area contributed by atoms with Gasteiger partial charge in [-0.3, -0.25) is 14.4 Å². The fourth-order valence-electron chi connectivity index (χ4n) is 8.23. The first kappa shape index (κ1) is 37.1. The molecule has 2 amide bonds. The molecule has 0 radical (unpaired) electrons. The molecule has 3 aromatic carbocycles. The van der Waals surface area contributed by atoms with Gasteiger partial charge in [-0.15, -0.1) is 23.2 Å². The molecule has 4 atom stereocenters. The number of nitrogens with zero attached hydrogens (tertiary/aromatic N) is 6. The summed E-state index contributed by atoms with van der Waals surface area (Å²) < 4.78 is 34.7. The topological polar surface area (TPSA) is 169 Å². The van der Waals surface area contributed by atoms with Crippen molar-refractivity contribution in [3.63, 3.8) is 0 Å². The van der Waals surface area contributed by atoms with Crippen molar-refractivity contribution < 1.29 is 33.3 Å². The third-order valence-electron chi connectivity index (χ3n) is 11.0. The van der Waals surface area contributed by atoms with Crippen LogP contribution in [0, 0.1) is 5.82 Å². The van der Waals surface area contributed by atoms with Gasteiger partial charge in [0.1, 0.15) is 23.0 Å². The molecule has 56 heavy (non-hydrogen) atoms. The summed E-state index contributed by atoms with van der Waals surface area (Å²) >= 11 is 14.7. The van der Waals surface area contributed by atoms with E-state index in [0.717, 1.165) is 21.6 Å². The van der Waals surface area contributed by atoms with Crippen molar-refractivity contribution >= 4 is 51.7 Å². The van der Waals surface area contributed by atoms with Crippen LogP contribution >= 0.6 is 23.2 Å². The zero-order valence-corrected chi connectivity index (χ0v) is 31.8. The van der Waals surface area contributed by atoms with Gasteiger partial charge in [0.2, 0.25) is 0 Å². The number of halogens is 3. The van der Waals surface area contributed by atoms with Crippen molar-refractivity contribution in [2.24, 2.45) is 7.05 Å².